The largest absolute Gasteiger partial charge is 0.354 e. The van der Waals surface area contributed by atoms with Crippen molar-refractivity contribution < 1.29 is 9.18 Å². The summed E-state index contributed by atoms with van der Waals surface area (Å²) in [7, 11) is 0. The van der Waals surface area contributed by atoms with E-state index >= 15 is 0 Å². The number of aromatic nitrogens is 4. The predicted octanol–water partition coefficient (Wildman–Crippen LogP) is 5.19. The minimum absolute atomic E-state index is 0.114. The van der Waals surface area contributed by atoms with Crippen molar-refractivity contribution in [1.29, 1.82) is 0 Å². The van der Waals surface area contributed by atoms with Gasteiger partial charge in [0.25, 0.3) is 0 Å². The zero-order valence-corrected chi connectivity index (χ0v) is 17.8. The fourth-order valence-corrected chi connectivity index (χ4v) is 3.96. The van der Waals surface area contributed by atoms with Crippen molar-refractivity contribution in [3.63, 3.8) is 0 Å². The molecule has 0 aliphatic carbocycles. The minimum Gasteiger partial charge on any atom is -0.354 e. The molecule has 5 aromatic rings. The van der Waals surface area contributed by atoms with Crippen LogP contribution in [0.15, 0.2) is 85.3 Å². The third kappa shape index (κ3) is 4.67. The molecule has 2 N–H and O–H groups in total. The van der Waals surface area contributed by atoms with Gasteiger partial charge in [0.1, 0.15) is 5.82 Å². The third-order valence-corrected chi connectivity index (χ3v) is 5.52. The molecule has 0 atom stereocenters. The SMILES string of the molecule is O=C(CCc1c(-c2ccc(F)cc2)[nH]c2ccccc12)Nc1ccn(Cc2cccnc2)n1. The molecule has 0 aliphatic rings. The van der Waals surface area contributed by atoms with Crippen molar-refractivity contribution >= 4 is 22.6 Å². The first kappa shape index (κ1) is 20.6. The number of nitrogens with zero attached hydrogens (tertiary/aromatic N) is 3. The highest BCUT2D eigenvalue weighted by Gasteiger charge is 2.15. The van der Waals surface area contributed by atoms with Crippen molar-refractivity contribution in [2.75, 3.05) is 5.32 Å². The second-order valence-electron chi connectivity index (χ2n) is 7.84. The summed E-state index contributed by atoms with van der Waals surface area (Å²) < 4.78 is 15.2. The Morgan fingerprint density at radius 3 is 2.70 bits per heavy atom. The maximum Gasteiger partial charge on any atom is 0.225 e. The summed E-state index contributed by atoms with van der Waals surface area (Å²) >= 11 is 0. The van der Waals surface area contributed by atoms with E-state index in [4.69, 9.17) is 0 Å². The van der Waals surface area contributed by atoms with Crippen LogP contribution in [0.4, 0.5) is 10.2 Å². The number of carbonyl (C=O) groups is 1. The van der Waals surface area contributed by atoms with Crippen molar-refractivity contribution in [1.82, 2.24) is 19.7 Å². The highest BCUT2D eigenvalue weighted by Crippen LogP contribution is 2.31. The lowest BCUT2D eigenvalue weighted by Crippen LogP contribution is -2.13. The summed E-state index contributed by atoms with van der Waals surface area (Å²) in [6.45, 7) is 0.583. The molecule has 6 nitrogen and oxygen atoms in total. The normalized spacial score (nSPS) is 11.1. The zero-order chi connectivity index (χ0) is 22.6. The van der Waals surface area contributed by atoms with Gasteiger partial charge in [0.05, 0.1) is 6.54 Å². The lowest BCUT2D eigenvalue weighted by Gasteiger charge is -2.06. The lowest BCUT2D eigenvalue weighted by molar-refractivity contribution is -0.116. The molecule has 0 unspecified atom stereocenters. The first-order valence-electron chi connectivity index (χ1n) is 10.7. The van der Waals surface area contributed by atoms with Crippen LogP contribution >= 0.6 is 0 Å². The Bertz CT molecular complexity index is 1390. The lowest BCUT2D eigenvalue weighted by atomic mass is 10.0. The van der Waals surface area contributed by atoms with Crippen molar-refractivity contribution in [2.45, 2.75) is 19.4 Å². The van der Waals surface area contributed by atoms with E-state index in [0.717, 1.165) is 33.3 Å². The van der Waals surface area contributed by atoms with Gasteiger partial charge in [0.2, 0.25) is 5.91 Å². The topological polar surface area (TPSA) is 75.6 Å². The molecule has 5 rings (SSSR count). The summed E-state index contributed by atoms with van der Waals surface area (Å²) in [6, 6.07) is 20.0. The molecule has 0 aliphatic heterocycles. The number of carbonyl (C=O) groups excluding carboxylic acids is 1. The quantitative estimate of drug-likeness (QED) is 0.367. The summed E-state index contributed by atoms with van der Waals surface area (Å²) in [5.74, 6) is 0.122. The molecule has 2 aromatic carbocycles. The Balaban J connectivity index is 1.29. The molecule has 0 spiro atoms. The Labute approximate surface area is 190 Å². The van der Waals surface area contributed by atoms with Crippen LogP contribution in [-0.2, 0) is 17.8 Å². The van der Waals surface area contributed by atoms with Crippen LogP contribution in [0, 0.1) is 5.82 Å². The molecular weight excluding hydrogens is 417 g/mol. The number of fused-ring (bicyclic) bond motifs is 1. The minimum atomic E-state index is -0.279. The van der Waals surface area contributed by atoms with E-state index in [1.54, 1.807) is 35.3 Å². The Kier molecular flexibility index (Phi) is 5.68. The molecule has 164 valence electrons. The second-order valence-corrected chi connectivity index (χ2v) is 7.84. The van der Waals surface area contributed by atoms with E-state index in [-0.39, 0.29) is 11.7 Å². The van der Waals surface area contributed by atoms with Crippen molar-refractivity contribution in [2.24, 2.45) is 0 Å². The molecule has 0 saturated carbocycles. The monoisotopic (exact) mass is 439 g/mol. The average Bonchev–Trinajstić information content (AvgIpc) is 3.43. The van der Waals surface area contributed by atoms with Crippen LogP contribution in [0.25, 0.3) is 22.2 Å². The van der Waals surface area contributed by atoms with Crippen LogP contribution in [0.1, 0.15) is 17.5 Å². The summed E-state index contributed by atoms with van der Waals surface area (Å²) in [5.41, 5.74) is 4.85. The van der Waals surface area contributed by atoms with Gasteiger partial charge in [-0.1, -0.05) is 24.3 Å². The molecule has 3 aromatic heterocycles. The number of aryl methyl sites for hydroxylation is 1. The van der Waals surface area contributed by atoms with Gasteiger partial charge in [-0.15, -0.1) is 0 Å². The fraction of sp³-hybridized carbons (Fsp3) is 0.115. The van der Waals surface area contributed by atoms with Crippen LogP contribution < -0.4 is 5.32 Å². The first-order chi connectivity index (χ1) is 16.2. The molecule has 33 heavy (non-hydrogen) atoms. The maximum absolute atomic E-state index is 13.4. The van der Waals surface area contributed by atoms with Gasteiger partial charge in [0, 0.05) is 47.7 Å². The number of anilines is 1. The van der Waals surface area contributed by atoms with E-state index in [1.165, 1.54) is 12.1 Å². The highest BCUT2D eigenvalue weighted by atomic mass is 19.1. The smallest absolute Gasteiger partial charge is 0.225 e. The van der Waals surface area contributed by atoms with Gasteiger partial charge in [-0.05, 0) is 59.5 Å². The highest BCUT2D eigenvalue weighted by molar-refractivity contribution is 5.93. The van der Waals surface area contributed by atoms with Crippen LogP contribution in [0.3, 0.4) is 0 Å². The summed E-state index contributed by atoms with van der Waals surface area (Å²) in [5, 5.41) is 8.37. The van der Waals surface area contributed by atoms with Crippen molar-refractivity contribution in [3.05, 3.63) is 102 Å². The third-order valence-electron chi connectivity index (χ3n) is 5.52. The maximum atomic E-state index is 13.4. The first-order valence-corrected chi connectivity index (χ1v) is 10.7. The number of H-pyrrole nitrogens is 1. The molecule has 0 radical (unpaired) electrons. The van der Waals surface area contributed by atoms with Crippen LogP contribution in [0.2, 0.25) is 0 Å². The number of hydrogen-bond acceptors (Lipinski definition) is 3. The van der Waals surface area contributed by atoms with Gasteiger partial charge < -0.3 is 10.3 Å². The predicted molar refractivity (Wildman–Crippen MR) is 126 cm³/mol. The van der Waals surface area contributed by atoms with Gasteiger partial charge in [-0.3, -0.25) is 14.5 Å². The fourth-order valence-electron chi connectivity index (χ4n) is 3.96. The molecule has 1 amide bonds. The van der Waals surface area contributed by atoms with E-state index < -0.39 is 0 Å². The number of nitrogens with one attached hydrogen (secondary N) is 2. The number of pyridine rings is 1. The number of hydrogen-bond donors (Lipinski definition) is 2. The molecule has 0 saturated heterocycles. The van der Waals surface area contributed by atoms with E-state index in [1.807, 2.05) is 42.6 Å². The van der Waals surface area contributed by atoms with Crippen LogP contribution in [0.5, 0.6) is 0 Å². The molecular formula is C26H22FN5O. The van der Waals surface area contributed by atoms with Crippen molar-refractivity contribution in [3.8, 4) is 11.3 Å². The zero-order valence-electron chi connectivity index (χ0n) is 17.8. The Morgan fingerprint density at radius 2 is 1.88 bits per heavy atom. The molecule has 0 bridgehead atoms. The molecule has 0 fully saturated rings. The van der Waals surface area contributed by atoms with E-state index in [2.05, 4.69) is 20.4 Å². The van der Waals surface area contributed by atoms with Gasteiger partial charge >= 0.3 is 0 Å². The molecule has 3 heterocycles. The molecule has 7 heteroatoms. The van der Waals surface area contributed by atoms with Gasteiger partial charge in [-0.2, -0.15) is 5.10 Å². The standard InChI is InChI=1S/C26H22FN5O/c27-20-9-7-19(8-10-20)26-22(21-5-1-2-6-23(21)29-26)11-12-25(33)30-24-13-15-32(31-24)17-18-4-3-14-28-16-18/h1-10,13-16,29H,11-12,17H2,(H,30,31,33). The number of halogens is 1. The van der Waals surface area contributed by atoms with Gasteiger partial charge in [-0.25, -0.2) is 4.39 Å². The summed E-state index contributed by atoms with van der Waals surface area (Å²) in [6.07, 6.45) is 6.19. The number of para-hydroxylation sites is 1. The summed E-state index contributed by atoms with van der Waals surface area (Å²) in [4.78, 5) is 20.2. The number of benzene rings is 2. The number of rotatable bonds is 7. The van der Waals surface area contributed by atoms with Crippen LogP contribution in [-0.4, -0.2) is 25.7 Å². The van der Waals surface area contributed by atoms with Gasteiger partial charge in [0.15, 0.2) is 5.82 Å². The van der Waals surface area contributed by atoms with E-state index in [9.17, 15) is 9.18 Å². The number of amides is 1. The number of aromatic amines is 1. The Morgan fingerprint density at radius 1 is 1.03 bits per heavy atom. The van der Waals surface area contributed by atoms with E-state index in [0.29, 0.717) is 25.2 Å². The Hall–Kier alpha value is -4.26. The second kappa shape index (κ2) is 9.08. The average molecular weight is 439 g/mol.